The minimum Gasteiger partial charge on any atom is -0.454 e. The lowest BCUT2D eigenvalue weighted by atomic mass is 10.1. The van der Waals surface area contributed by atoms with Gasteiger partial charge in [0.15, 0.2) is 16.6 Å². The first-order valence-electron chi connectivity index (χ1n) is 8.29. The van der Waals surface area contributed by atoms with Crippen molar-refractivity contribution in [1.29, 1.82) is 0 Å². The van der Waals surface area contributed by atoms with E-state index in [0.29, 0.717) is 28.2 Å². The lowest BCUT2D eigenvalue weighted by Gasteiger charge is -2.14. The van der Waals surface area contributed by atoms with Crippen LogP contribution in [0.3, 0.4) is 0 Å². The molecule has 0 fully saturated rings. The van der Waals surface area contributed by atoms with E-state index in [2.05, 4.69) is 9.98 Å². The first-order chi connectivity index (χ1) is 13.3. The Morgan fingerprint density at radius 1 is 1.07 bits per heavy atom. The highest BCUT2D eigenvalue weighted by molar-refractivity contribution is 7.14. The fourth-order valence-electron chi connectivity index (χ4n) is 2.96. The van der Waals surface area contributed by atoms with Gasteiger partial charge >= 0.3 is 0 Å². The number of ether oxygens (including phenoxy) is 2. The summed E-state index contributed by atoms with van der Waals surface area (Å²) >= 11 is 1.40. The van der Waals surface area contributed by atoms with Crippen LogP contribution in [0, 0.1) is 0 Å². The average Bonchev–Trinajstić information content (AvgIpc) is 3.43. The summed E-state index contributed by atoms with van der Waals surface area (Å²) in [5.74, 6) is 1.73. The summed E-state index contributed by atoms with van der Waals surface area (Å²) in [7, 11) is 0. The Balaban J connectivity index is 1.59. The molecule has 2 aromatic carbocycles. The Bertz CT molecular complexity index is 1080. The fraction of sp³-hybridized carbons (Fsp3) is 0.0500. The maximum Gasteiger partial charge on any atom is 0.284 e. The third kappa shape index (κ3) is 2.78. The van der Waals surface area contributed by atoms with E-state index in [1.807, 2.05) is 53.9 Å². The molecule has 5 rings (SSSR count). The van der Waals surface area contributed by atoms with Crippen LogP contribution in [0.15, 0.2) is 70.8 Å². The van der Waals surface area contributed by atoms with Gasteiger partial charge in [0.2, 0.25) is 6.79 Å². The summed E-state index contributed by atoms with van der Waals surface area (Å²) < 4.78 is 10.7. The molecule has 0 saturated carbocycles. The monoisotopic (exact) mass is 375 g/mol. The molecule has 0 bridgehead atoms. The van der Waals surface area contributed by atoms with Gasteiger partial charge in [-0.1, -0.05) is 36.4 Å². The minimum absolute atomic E-state index is 0.207. The van der Waals surface area contributed by atoms with E-state index in [1.54, 1.807) is 17.2 Å². The largest absolute Gasteiger partial charge is 0.454 e. The van der Waals surface area contributed by atoms with Crippen LogP contribution in [0.25, 0.3) is 6.08 Å². The number of amidine groups is 1. The second-order valence-corrected chi connectivity index (χ2v) is 6.77. The number of carbonyl (C=O) groups excluding carboxylic acids is 1. The molecule has 2 aliphatic rings. The van der Waals surface area contributed by atoms with Crippen molar-refractivity contribution in [2.45, 2.75) is 0 Å². The number of rotatable bonds is 3. The summed E-state index contributed by atoms with van der Waals surface area (Å²) in [6.07, 6.45) is 3.43. The van der Waals surface area contributed by atoms with Gasteiger partial charge in [-0.05, 0) is 23.8 Å². The second kappa shape index (κ2) is 6.37. The number of amides is 1. The van der Waals surface area contributed by atoms with Crippen LogP contribution in [-0.4, -0.2) is 23.5 Å². The Labute approximate surface area is 159 Å². The van der Waals surface area contributed by atoms with Gasteiger partial charge in [-0.25, -0.2) is 14.9 Å². The van der Waals surface area contributed by atoms with Gasteiger partial charge in [0, 0.05) is 17.1 Å². The topological polar surface area (TPSA) is 64.0 Å². The molecule has 3 aromatic rings. The van der Waals surface area contributed by atoms with Crippen LogP contribution < -0.4 is 14.4 Å². The van der Waals surface area contributed by atoms with E-state index in [-0.39, 0.29) is 12.7 Å². The number of benzene rings is 2. The molecule has 27 heavy (non-hydrogen) atoms. The van der Waals surface area contributed by atoms with Crippen LogP contribution in [0.2, 0.25) is 0 Å². The van der Waals surface area contributed by atoms with Gasteiger partial charge in [-0.2, -0.15) is 0 Å². The molecule has 1 amide bonds. The van der Waals surface area contributed by atoms with Crippen molar-refractivity contribution in [2.75, 3.05) is 11.7 Å². The van der Waals surface area contributed by atoms with Gasteiger partial charge in [0.05, 0.1) is 0 Å². The van der Waals surface area contributed by atoms with E-state index in [1.165, 1.54) is 11.3 Å². The molecule has 0 N–H and O–H groups in total. The maximum absolute atomic E-state index is 13.1. The number of nitrogens with zero attached hydrogens (tertiary/aromatic N) is 3. The molecule has 132 valence electrons. The van der Waals surface area contributed by atoms with E-state index >= 15 is 0 Å². The summed E-state index contributed by atoms with van der Waals surface area (Å²) in [4.78, 5) is 23.5. The third-order valence-electron chi connectivity index (χ3n) is 4.20. The molecule has 0 radical (unpaired) electrons. The van der Waals surface area contributed by atoms with Crippen LogP contribution in [0.4, 0.5) is 5.13 Å². The van der Waals surface area contributed by atoms with E-state index in [4.69, 9.17) is 9.47 Å². The van der Waals surface area contributed by atoms with Crippen molar-refractivity contribution in [3.8, 4) is 11.5 Å². The molecule has 0 saturated heterocycles. The SMILES string of the molecule is O=C1/C(=C/c2ccc3c(c2)OCO3)N=C(c2ccccc2)N1c1nccs1. The molecule has 3 heterocycles. The van der Waals surface area contributed by atoms with Gasteiger partial charge in [-0.15, -0.1) is 11.3 Å². The Morgan fingerprint density at radius 3 is 2.74 bits per heavy atom. The van der Waals surface area contributed by atoms with Crippen molar-refractivity contribution < 1.29 is 14.3 Å². The highest BCUT2D eigenvalue weighted by Crippen LogP contribution is 2.34. The van der Waals surface area contributed by atoms with Crippen molar-refractivity contribution in [3.63, 3.8) is 0 Å². The maximum atomic E-state index is 13.1. The Hall–Kier alpha value is -3.45. The zero-order valence-corrected chi connectivity index (χ0v) is 14.8. The number of thiazole rings is 1. The van der Waals surface area contributed by atoms with Crippen molar-refractivity contribution >= 4 is 34.3 Å². The molecule has 0 atom stereocenters. The molecule has 0 unspecified atom stereocenters. The zero-order chi connectivity index (χ0) is 18.2. The van der Waals surface area contributed by atoms with Crippen LogP contribution >= 0.6 is 11.3 Å². The van der Waals surface area contributed by atoms with E-state index in [0.717, 1.165) is 11.1 Å². The average molecular weight is 375 g/mol. The lowest BCUT2D eigenvalue weighted by Crippen LogP contribution is -2.32. The summed E-state index contributed by atoms with van der Waals surface area (Å²) in [5, 5.41) is 2.43. The third-order valence-corrected chi connectivity index (χ3v) is 4.96. The molecule has 1 aromatic heterocycles. The van der Waals surface area contributed by atoms with Crippen molar-refractivity contribution in [3.05, 3.63) is 76.9 Å². The van der Waals surface area contributed by atoms with Crippen LogP contribution in [-0.2, 0) is 4.79 Å². The number of fused-ring (bicyclic) bond motifs is 1. The van der Waals surface area contributed by atoms with E-state index in [9.17, 15) is 4.79 Å². The normalized spacial score (nSPS) is 16.9. The van der Waals surface area contributed by atoms with Gasteiger partial charge < -0.3 is 9.47 Å². The summed E-state index contributed by atoms with van der Waals surface area (Å²) in [5.41, 5.74) is 2.03. The molecule has 2 aliphatic heterocycles. The van der Waals surface area contributed by atoms with Gasteiger partial charge in [0.1, 0.15) is 11.5 Å². The molecular formula is C20H13N3O3S. The molecular weight excluding hydrogens is 362 g/mol. The number of carbonyl (C=O) groups is 1. The fourth-order valence-corrected chi connectivity index (χ4v) is 3.60. The Kier molecular flexibility index (Phi) is 3.72. The lowest BCUT2D eigenvalue weighted by molar-refractivity contribution is -0.113. The molecule has 0 spiro atoms. The van der Waals surface area contributed by atoms with Crippen molar-refractivity contribution in [2.24, 2.45) is 4.99 Å². The van der Waals surface area contributed by atoms with Gasteiger partial charge in [0.25, 0.3) is 5.91 Å². The Morgan fingerprint density at radius 2 is 1.93 bits per heavy atom. The molecule has 0 aliphatic carbocycles. The smallest absolute Gasteiger partial charge is 0.284 e. The minimum atomic E-state index is -0.207. The van der Waals surface area contributed by atoms with Crippen LogP contribution in [0.5, 0.6) is 11.5 Å². The van der Waals surface area contributed by atoms with Crippen LogP contribution in [0.1, 0.15) is 11.1 Å². The second-order valence-electron chi connectivity index (χ2n) is 5.90. The summed E-state index contributed by atoms with van der Waals surface area (Å²) in [6.45, 7) is 0.211. The molecule has 6 nitrogen and oxygen atoms in total. The number of anilines is 1. The highest BCUT2D eigenvalue weighted by atomic mass is 32.1. The molecule has 7 heteroatoms. The number of hydrogen-bond donors (Lipinski definition) is 0. The zero-order valence-electron chi connectivity index (χ0n) is 14.0. The number of aromatic nitrogens is 1. The van der Waals surface area contributed by atoms with E-state index < -0.39 is 0 Å². The standard InChI is InChI=1S/C20H13N3O3S/c24-19-15(10-13-6-7-16-17(11-13)26-12-25-16)22-18(14-4-2-1-3-5-14)23(19)20-21-8-9-27-20/h1-11H,12H2/b15-10-. The highest BCUT2D eigenvalue weighted by Gasteiger charge is 2.34. The first-order valence-corrected chi connectivity index (χ1v) is 9.17. The predicted molar refractivity (Wildman–Crippen MR) is 103 cm³/mol. The summed E-state index contributed by atoms with van der Waals surface area (Å²) in [6, 6.07) is 15.2. The number of aliphatic imine (C=N–C) groups is 1. The predicted octanol–water partition coefficient (Wildman–Crippen LogP) is 3.71. The quantitative estimate of drug-likeness (QED) is 0.655. The van der Waals surface area contributed by atoms with Gasteiger partial charge in [-0.3, -0.25) is 4.79 Å². The number of hydrogen-bond acceptors (Lipinski definition) is 6. The first kappa shape index (κ1) is 15.8. The van der Waals surface area contributed by atoms with Crippen molar-refractivity contribution in [1.82, 2.24) is 4.98 Å².